The first-order valence-corrected chi connectivity index (χ1v) is 10.9. The van der Waals surface area contributed by atoms with Crippen molar-refractivity contribution in [3.05, 3.63) is 58.3 Å². The molecule has 0 unspecified atom stereocenters. The molecule has 1 aliphatic heterocycles. The lowest BCUT2D eigenvalue weighted by Gasteiger charge is -2.36. The minimum absolute atomic E-state index is 0.270. The van der Waals surface area contributed by atoms with Crippen LogP contribution in [0.5, 0.6) is 0 Å². The van der Waals surface area contributed by atoms with Gasteiger partial charge in [0.05, 0.1) is 28.0 Å². The van der Waals surface area contributed by atoms with Crippen LogP contribution in [0.4, 0.5) is 10.1 Å². The lowest BCUT2D eigenvalue weighted by atomic mass is 9.99. The zero-order valence-corrected chi connectivity index (χ0v) is 17.7. The van der Waals surface area contributed by atoms with Crippen LogP contribution in [0, 0.1) is 23.1 Å². The van der Waals surface area contributed by atoms with Crippen LogP contribution < -0.4 is 4.90 Å². The summed E-state index contributed by atoms with van der Waals surface area (Å²) in [5.74, 6) is 0.101. The average molecular weight is 409 g/mol. The molecule has 150 valence electrons. The van der Waals surface area contributed by atoms with Gasteiger partial charge in [-0.25, -0.2) is 9.37 Å². The molecule has 4 nitrogen and oxygen atoms in total. The second-order valence-electron chi connectivity index (χ2n) is 8.01. The highest BCUT2D eigenvalue weighted by Gasteiger charge is 2.22. The van der Waals surface area contributed by atoms with Gasteiger partial charge in [0, 0.05) is 26.2 Å². The highest BCUT2D eigenvalue weighted by Crippen LogP contribution is 2.28. The minimum Gasteiger partial charge on any atom is -0.368 e. The van der Waals surface area contributed by atoms with E-state index in [1.54, 1.807) is 11.3 Å². The van der Waals surface area contributed by atoms with Crippen LogP contribution in [0.15, 0.2) is 36.4 Å². The second kappa shape index (κ2) is 8.48. The Kier molecular flexibility index (Phi) is 5.79. The van der Waals surface area contributed by atoms with E-state index in [4.69, 9.17) is 4.98 Å². The van der Waals surface area contributed by atoms with Gasteiger partial charge in [0.1, 0.15) is 16.9 Å². The fourth-order valence-electron chi connectivity index (χ4n) is 3.88. The summed E-state index contributed by atoms with van der Waals surface area (Å²) in [6, 6.07) is 13.7. The number of para-hydroxylation sites is 1. The van der Waals surface area contributed by atoms with Crippen LogP contribution in [0.3, 0.4) is 0 Å². The van der Waals surface area contributed by atoms with Gasteiger partial charge < -0.3 is 4.90 Å². The van der Waals surface area contributed by atoms with Gasteiger partial charge in [-0.2, -0.15) is 5.26 Å². The Bertz CT molecular complexity index is 1010. The largest absolute Gasteiger partial charge is 0.368 e. The molecule has 0 bridgehead atoms. The third kappa shape index (κ3) is 4.42. The zero-order valence-electron chi connectivity index (χ0n) is 16.9. The van der Waals surface area contributed by atoms with Gasteiger partial charge in [-0.3, -0.25) is 4.90 Å². The lowest BCUT2D eigenvalue weighted by Crippen LogP contribution is -2.46. The molecule has 3 aromatic rings. The number of benzene rings is 2. The number of thiazole rings is 1. The molecular weight excluding hydrogens is 383 g/mol. The number of nitriles is 1. The smallest absolute Gasteiger partial charge is 0.127 e. The maximum atomic E-state index is 14.4. The Morgan fingerprint density at radius 2 is 1.93 bits per heavy atom. The number of rotatable bonds is 5. The van der Waals surface area contributed by atoms with Gasteiger partial charge in [-0.1, -0.05) is 26.0 Å². The molecule has 1 aromatic heterocycles. The van der Waals surface area contributed by atoms with Gasteiger partial charge in [0.25, 0.3) is 0 Å². The number of fused-ring (bicyclic) bond motifs is 1. The first kappa shape index (κ1) is 19.8. The predicted molar refractivity (Wildman–Crippen MR) is 117 cm³/mol. The number of nitrogens with zero attached hydrogens (tertiary/aromatic N) is 4. The summed E-state index contributed by atoms with van der Waals surface area (Å²) in [6.45, 7) is 8.46. The van der Waals surface area contributed by atoms with E-state index in [1.807, 2.05) is 18.2 Å². The van der Waals surface area contributed by atoms with Crippen molar-refractivity contribution in [2.75, 3.05) is 31.1 Å². The number of halogens is 1. The number of hydrogen-bond acceptors (Lipinski definition) is 5. The molecule has 2 aromatic carbocycles. The summed E-state index contributed by atoms with van der Waals surface area (Å²) in [5.41, 5.74) is 3.05. The Labute approximate surface area is 175 Å². The predicted octanol–water partition coefficient (Wildman–Crippen LogP) is 4.83. The summed E-state index contributed by atoms with van der Waals surface area (Å²) in [4.78, 5) is 9.36. The molecular formula is C23H25FN4S. The van der Waals surface area contributed by atoms with Crippen LogP contribution in [0.1, 0.15) is 30.0 Å². The van der Waals surface area contributed by atoms with Crippen molar-refractivity contribution < 1.29 is 4.39 Å². The summed E-state index contributed by atoms with van der Waals surface area (Å²) < 4.78 is 15.6. The van der Waals surface area contributed by atoms with Crippen molar-refractivity contribution >= 4 is 27.2 Å². The van der Waals surface area contributed by atoms with Crippen molar-refractivity contribution in [2.45, 2.75) is 26.8 Å². The molecule has 6 heteroatoms. The van der Waals surface area contributed by atoms with Gasteiger partial charge in [-0.05, 0) is 42.2 Å². The third-order valence-electron chi connectivity index (χ3n) is 5.32. The lowest BCUT2D eigenvalue weighted by molar-refractivity contribution is 0.249. The van der Waals surface area contributed by atoms with Crippen molar-refractivity contribution in [3.8, 4) is 6.07 Å². The van der Waals surface area contributed by atoms with Crippen molar-refractivity contribution in [1.29, 1.82) is 5.26 Å². The van der Waals surface area contributed by atoms with E-state index in [-0.39, 0.29) is 5.82 Å². The topological polar surface area (TPSA) is 43.2 Å². The monoisotopic (exact) mass is 408 g/mol. The first-order chi connectivity index (χ1) is 14.0. The normalized spacial score (nSPS) is 15.2. The molecule has 1 aliphatic rings. The molecule has 0 saturated carbocycles. The quantitative estimate of drug-likeness (QED) is 0.607. The Morgan fingerprint density at radius 1 is 1.17 bits per heavy atom. The van der Waals surface area contributed by atoms with E-state index < -0.39 is 0 Å². The summed E-state index contributed by atoms with van der Waals surface area (Å²) in [7, 11) is 0. The molecule has 0 spiro atoms. The van der Waals surface area contributed by atoms with Crippen LogP contribution in [0.2, 0.25) is 0 Å². The SMILES string of the molecule is CC(C)Cc1cc(N2CCN(Cc3nc4ccccc4s3)CC2)c(C#N)cc1F. The van der Waals surface area contributed by atoms with Gasteiger partial charge in [-0.15, -0.1) is 11.3 Å². The zero-order chi connectivity index (χ0) is 20.4. The van der Waals surface area contributed by atoms with Crippen LogP contribution in [-0.2, 0) is 13.0 Å². The van der Waals surface area contributed by atoms with E-state index >= 15 is 0 Å². The number of piperazine rings is 1. The average Bonchev–Trinajstić information content (AvgIpc) is 3.12. The Balaban J connectivity index is 1.45. The van der Waals surface area contributed by atoms with Gasteiger partial charge in [0.15, 0.2) is 0 Å². The third-order valence-corrected chi connectivity index (χ3v) is 6.34. The molecule has 0 radical (unpaired) electrons. The summed E-state index contributed by atoms with van der Waals surface area (Å²) in [5, 5.41) is 10.6. The van der Waals surface area contributed by atoms with Crippen molar-refractivity contribution in [1.82, 2.24) is 9.88 Å². The Morgan fingerprint density at radius 3 is 2.62 bits per heavy atom. The molecule has 4 rings (SSSR count). The fourth-order valence-corrected chi connectivity index (χ4v) is 4.89. The van der Waals surface area contributed by atoms with Crippen LogP contribution in [0.25, 0.3) is 10.2 Å². The maximum Gasteiger partial charge on any atom is 0.127 e. The highest BCUT2D eigenvalue weighted by molar-refractivity contribution is 7.18. The van der Waals surface area contributed by atoms with Crippen LogP contribution >= 0.6 is 11.3 Å². The van der Waals surface area contributed by atoms with E-state index in [1.165, 1.54) is 10.8 Å². The van der Waals surface area contributed by atoms with Crippen molar-refractivity contribution in [3.63, 3.8) is 0 Å². The van der Waals surface area contributed by atoms with E-state index in [0.717, 1.165) is 48.9 Å². The molecule has 1 saturated heterocycles. The molecule has 0 amide bonds. The minimum atomic E-state index is -0.270. The van der Waals surface area contributed by atoms with Gasteiger partial charge >= 0.3 is 0 Å². The van der Waals surface area contributed by atoms with E-state index in [2.05, 4.69) is 41.8 Å². The summed E-state index contributed by atoms with van der Waals surface area (Å²) in [6.07, 6.45) is 0.683. The number of anilines is 1. The molecule has 0 atom stereocenters. The van der Waals surface area contributed by atoms with E-state index in [0.29, 0.717) is 23.5 Å². The molecule has 1 fully saturated rings. The maximum absolute atomic E-state index is 14.4. The van der Waals surface area contributed by atoms with E-state index in [9.17, 15) is 9.65 Å². The Hall–Kier alpha value is -2.49. The molecule has 0 N–H and O–H groups in total. The summed E-state index contributed by atoms with van der Waals surface area (Å²) >= 11 is 1.75. The highest BCUT2D eigenvalue weighted by atomic mass is 32.1. The van der Waals surface area contributed by atoms with Crippen LogP contribution in [-0.4, -0.2) is 36.1 Å². The number of hydrogen-bond donors (Lipinski definition) is 0. The standard InChI is InChI=1S/C23H25FN4S/c1-16(2)11-17-13-21(18(14-25)12-19(17)24)28-9-7-27(8-10-28)15-23-26-20-5-3-4-6-22(20)29-23/h3-6,12-13,16H,7-11,15H2,1-2H3. The fraction of sp³-hybridized carbons (Fsp3) is 0.391. The molecule has 2 heterocycles. The van der Waals surface area contributed by atoms with Crippen molar-refractivity contribution in [2.24, 2.45) is 5.92 Å². The molecule has 0 aliphatic carbocycles. The number of aromatic nitrogens is 1. The molecule has 29 heavy (non-hydrogen) atoms. The second-order valence-corrected chi connectivity index (χ2v) is 9.12. The van der Waals surface area contributed by atoms with Gasteiger partial charge in [0.2, 0.25) is 0 Å². The first-order valence-electron chi connectivity index (χ1n) is 10.1.